The Morgan fingerprint density at radius 2 is 2.25 bits per heavy atom. The fraction of sp³-hybridized carbons (Fsp3) is 0.571. The molecule has 1 spiro atoms. The van der Waals surface area contributed by atoms with Crippen molar-refractivity contribution in [2.45, 2.75) is 31.7 Å². The van der Waals surface area contributed by atoms with Crippen LogP contribution in [0.15, 0.2) is 24.4 Å². The molecule has 0 aromatic heterocycles. The van der Waals surface area contributed by atoms with Gasteiger partial charge in [0.1, 0.15) is 17.6 Å². The van der Waals surface area contributed by atoms with E-state index in [1.807, 2.05) is 13.0 Å². The maximum absolute atomic E-state index is 12.7. The molecule has 108 valence electrons. The molecule has 3 rings (SSSR count). The SMILES string of the molecule is C=C1[C@@H]2O[C@H]3CC(=O)[C@H](O)[C@]2(C(=O)N1OC)[C@H]3/C=C/C. The van der Waals surface area contributed by atoms with Gasteiger partial charge in [-0.05, 0) is 6.92 Å². The number of ketones is 1. The zero-order valence-electron chi connectivity index (χ0n) is 11.4. The molecular formula is C14H17NO5. The Kier molecular flexibility index (Phi) is 2.86. The van der Waals surface area contributed by atoms with Gasteiger partial charge in [-0.2, -0.15) is 5.06 Å². The van der Waals surface area contributed by atoms with E-state index in [1.54, 1.807) is 6.08 Å². The Morgan fingerprint density at radius 1 is 1.55 bits per heavy atom. The highest BCUT2D eigenvalue weighted by atomic mass is 16.7. The van der Waals surface area contributed by atoms with Crippen molar-refractivity contribution in [3.8, 4) is 0 Å². The smallest absolute Gasteiger partial charge is 0.263 e. The topological polar surface area (TPSA) is 76.1 Å². The highest BCUT2D eigenvalue weighted by Crippen LogP contribution is 2.58. The van der Waals surface area contributed by atoms with Crippen molar-refractivity contribution < 1.29 is 24.3 Å². The first-order chi connectivity index (χ1) is 9.49. The van der Waals surface area contributed by atoms with Crippen molar-refractivity contribution in [2.75, 3.05) is 7.11 Å². The Hall–Kier alpha value is -1.50. The largest absolute Gasteiger partial charge is 0.384 e. The van der Waals surface area contributed by atoms with Gasteiger partial charge in [-0.25, -0.2) is 0 Å². The number of Topliss-reactive ketones (excluding diaryl/α,β-unsaturated/α-hetero) is 1. The van der Waals surface area contributed by atoms with Crippen LogP contribution in [0.2, 0.25) is 0 Å². The van der Waals surface area contributed by atoms with Gasteiger partial charge in [0.05, 0.1) is 18.9 Å². The van der Waals surface area contributed by atoms with Gasteiger partial charge in [0.2, 0.25) is 0 Å². The van der Waals surface area contributed by atoms with Crippen molar-refractivity contribution in [1.29, 1.82) is 0 Å². The minimum Gasteiger partial charge on any atom is -0.384 e. The number of ether oxygens (including phenoxy) is 1. The summed E-state index contributed by atoms with van der Waals surface area (Å²) in [5.41, 5.74) is -0.997. The van der Waals surface area contributed by atoms with Gasteiger partial charge >= 0.3 is 0 Å². The Labute approximate surface area is 116 Å². The average molecular weight is 279 g/mol. The summed E-state index contributed by atoms with van der Waals surface area (Å²) in [6, 6.07) is 0. The number of amides is 1. The number of rotatable bonds is 2. The lowest BCUT2D eigenvalue weighted by Gasteiger charge is -2.38. The molecule has 5 atom stereocenters. The third-order valence-corrected chi connectivity index (χ3v) is 4.56. The number of hydroxylamine groups is 2. The Morgan fingerprint density at radius 3 is 2.85 bits per heavy atom. The summed E-state index contributed by atoms with van der Waals surface area (Å²) in [5, 5.41) is 11.4. The molecule has 2 aliphatic heterocycles. The van der Waals surface area contributed by atoms with Crippen molar-refractivity contribution >= 4 is 11.7 Å². The highest BCUT2D eigenvalue weighted by Gasteiger charge is 2.74. The molecule has 1 amide bonds. The number of carbonyl (C=O) groups excluding carboxylic acids is 2. The third kappa shape index (κ3) is 1.29. The molecular weight excluding hydrogens is 262 g/mol. The van der Waals surface area contributed by atoms with Crippen LogP contribution in [0.3, 0.4) is 0 Å². The van der Waals surface area contributed by atoms with Crippen LogP contribution in [-0.4, -0.2) is 47.3 Å². The number of aliphatic hydroxyl groups excluding tert-OH is 1. The average Bonchev–Trinajstić information content (AvgIpc) is 2.78. The van der Waals surface area contributed by atoms with Crippen molar-refractivity contribution in [3.63, 3.8) is 0 Å². The summed E-state index contributed by atoms with van der Waals surface area (Å²) < 4.78 is 5.85. The maximum atomic E-state index is 12.7. The summed E-state index contributed by atoms with van der Waals surface area (Å²) in [7, 11) is 1.35. The number of nitrogens with zero attached hydrogens (tertiary/aromatic N) is 1. The van der Waals surface area contributed by atoms with Crippen LogP contribution in [-0.2, 0) is 19.2 Å². The number of hydrogen-bond donors (Lipinski definition) is 1. The Balaban J connectivity index is 2.18. The Bertz CT molecular complexity index is 528. The lowest BCUT2D eigenvalue weighted by Crippen LogP contribution is -2.57. The van der Waals surface area contributed by atoms with Crippen LogP contribution < -0.4 is 0 Å². The highest BCUT2D eigenvalue weighted by molar-refractivity contribution is 5.99. The van der Waals surface area contributed by atoms with Crippen molar-refractivity contribution in [2.24, 2.45) is 11.3 Å². The van der Waals surface area contributed by atoms with Gasteiger partial charge in [-0.1, -0.05) is 18.7 Å². The number of hydrogen-bond acceptors (Lipinski definition) is 5. The van der Waals surface area contributed by atoms with Crippen LogP contribution >= 0.6 is 0 Å². The standard InChI is InChI=1S/C14H17NO5/c1-4-5-8-10-6-9(16)11(17)14(8)12(20-10)7(2)15(19-3)13(14)18/h4-5,8,10-12,17H,2,6H2,1,3H3/b5-4+/t8-,10-,11-,12-,14+/m0/s1. The quantitative estimate of drug-likeness (QED) is 0.730. The number of carbonyl (C=O) groups is 2. The molecule has 20 heavy (non-hydrogen) atoms. The molecule has 3 fully saturated rings. The van der Waals surface area contributed by atoms with Crippen LogP contribution in [0.5, 0.6) is 0 Å². The molecule has 2 saturated heterocycles. The van der Waals surface area contributed by atoms with E-state index < -0.39 is 29.6 Å². The van der Waals surface area contributed by atoms with Crippen LogP contribution in [0.1, 0.15) is 13.3 Å². The second-order valence-electron chi connectivity index (χ2n) is 5.39. The minimum atomic E-state index is -1.39. The zero-order chi connectivity index (χ0) is 14.7. The van der Waals surface area contributed by atoms with Crippen LogP contribution in [0.25, 0.3) is 0 Å². The minimum absolute atomic E-state index is 0.113. The third-order valence-electron chi connectivity index (χ3n) is 4.56. The van der Waals surface area contributed by atoms with Gasteiger partial charge in [-0.15, -0.1) is 0 Å². The first-order valence-corrected chi connectivity index (χ1v) is 6.56. The maximum Gasteiger partial charge on any atom is 0.263 e. The van der Waals surface area contributed by atoms with E-state index in [-0.39, 0.29) is 18.1 Å². The van der Waals surface area contributed by atoms with E-state index >= 15 is 0 Å². The van der Waals surface area contributed by atoms with Gasteiger partial charge < -0.3 is 9.84 Å². The molecule has 3 aliphatic rings. The van der Waals surface area contributed by atoms with Gasteiger partial charge in [0.15, 0.2) is 5.78 Å². The summed E-state index contributed by atoms with van der Waals surface area (Å²) in [5.74, 6) is -1.17. The molecule has 1 saturated carbocycles. The number of fused-ring (bicyclic) bond motifs is 1. The van der Waals surface area contributed by atoms with E-state index in [4.69, 9.17) is 9.57 Å². The molecule has 0 unspecified atom stereocenters. The summed E-state index contributed by atoms with van der Waals surface area (Å²) >= 11 is 0. The molecule has 6 nitrogen and oxygen atoms in total. The van der Waals surface area contributed by atoms with E-state index in [0.29, 0.717) is 5.70 Å². The predicted molar refractivity (Wildman–Crippen MR) is 68.0 cm³/mol. The van der Waals surface area contributed by atoms with E-state index in [0.717, 1.165) is 5.06 Å². The molecule has 0 radical (unpaired) electrons. The molecule has 6 heteroatoms. The van der Waals surface area contributed by atoms with Crippen LogP contribution in [0.4, 0.5) is 0 Å². The first kappa shape index (κ1) is 13.5. The van der Waals surface area contributed by atoms with Crippen molar-refractivity contribution in [3.05, 3.63) is 24.4 Å². The monoisotopic (exact) mass is 279 g/mol. The predicted octanol–water partition coefficient (Wildman–Crippen LogP) is 0.183. The zero-order valence-corrected chi connectivity index (χ0v) is 11.4. The molecule has 1 N–H and O–H groups in total. The lowest BCUT2D eigenvalue weighted by molar-refractivity contribution is -0.178. The van der Waals surface area contributed by atoms with Gasteiger partial charge in [0, 0.05) is 12.3 Å². The van der Waals surface area contributed by atoms with Crippen molar-refractivity contribution in [1.82, 2.24) is 5.06 Å². The fourth-order valence-electron chi connectivity index (χ4n) is 3.76. The molecule has 0 aromatic carbocycles. The first-order valence-electron chi connectivity index (χ1n) is 6.56. The second-order valence-corrected chi connectivity index (χ2v) is 5.39. The molecule has 2 bridgehead atoms. The van der Waals surface area contributed by atoms with Crippen LogP contribution in [0, 0.1) is 11.3 Å². The van der Waals surface area contributed by atoms with Gasteiger partial charge in [0.25, 0.3) is 5.91 Å². The summed E-state index contributed by atoms with van der Waals surface area (Å²) in [6.45, 7) is 5.65. The fourth-order valence-corrected chi connectivity index (χ4v) is 3.76. The summed E-state index contributed by atoms with van der Waals surface area (Å²) in [4.78, 5) is 29.7. The molecule has 2 heterocycles. The summed E-state index contributed by atoms with van der Waals surface area (Å²) in [6.07, 6.45) is 1.23. The second kappa shape index (κ2) is 4.25. The normalized spacial score (nSPS) is 43.8. The van der Waals surface area contributed by atoms with E-state index in [1.165, 1.54) is 7.11 Å². The molecule has 1 aliphatic carbocycles. The van der Waals surface area contributed by atoms with E-state index in [2.05, 4.69) is 6.58 Å². The lowest BCUT2D eigenvalue weighted by atomic mass is 9.62. The van der Waals surface area contributed by atoms with Gasteiger partial charge in [-0.3, -0.25) is 14.4 Å². The number of allylic oxidation sites excluding steroid dienone is 1. The van der Waals surface area contributed by atoms with E-state index in [9.17, 15) is 14.7 Å². The molecule has 0 aromatic rings. The number of aliphatic hydroxyl groups is 1.